The first-order valence-electron chi connectivity index (χ1n) is 7.05. The van der Waals surface area contributed by atoms with E-state index in [0.29, 0.717) is 18.7 Å². The molecule has 0 aliphatic carbocycles. The summed E-state index contributed by atoms with van der Waals surface area (Å²) in [5.41, 5.74) is 0.651. The van der Waals surface area contributed by atoms with E-state index in [2.05, 4.69) is 6.07 Å². The van der Waals surface area contributed by atoms with Crippen molar-refractivity contribution >= 4 is 5.91 Å². The van der Waals surface area contributed by atoms with E-state index >= 15 is 0 Å². The lowest BCUT2D eigenvalue weighted by molar-refractivity contribution is 0.0706. The van der Waals surface area contributed by atoms with Crippen LogP contribution < -0.4 is 4.74 Å². The standard InChI is InChI=1S/C16H20N2O2/c1-12(2)20-15-5-3-4-14(10-15)16(19)18-8-6-13(11-17)7-9-18/h3-5,10,12-13H,6-9H2,1-2H3. The van der Waals surface area contributed by atoms with E-state index in [9.17, 15) is 4.79 Å². The third-order valence-corrected chi connectivity index (χ3v) is 3.42. The SMILES string of the molecule is CC(C)Oc1cccc(C(=O)N2CCC(C#N)CC2)c1. The molecule has 4 nitrogen and oxygen atoms in total. The van der Waals surface area contributed by atoms with Gasteiger partial charge in [-0.25, -0.2) is 0 Å². The van der Waals surface area contributed by atoms with Crippen LogP contribution in [0.3, 0.4) is 0 Å². The van der Waals surface area contributed by atoms with Crippen LogP contribution in [0.1, 0.15) is 37.0 Å². The Bertz CT molecular complexity index is 511. The van der Waals surface area contributed by atoms with Crippen LogP contribution in [0.25, 0.3) is 0 Å². The molecule has 1 saturated heterocycles. The number of nitriles is 1. The summed E-state index contributed by atoms with van der Waals surface area (Å²) in [6.45, 7) is 5.24. The minimum absolute atomic E-state index is 0.0237. The highest BCUT2D eigenvalue weighted by Gasteiger charge is 2.23. The first kappa shape index (κ1) is 14.4. The van der Waals surface area contributed by atoms with Gasteiger partial charge < -0.3 is 9.64 Å². The zero-order chi connectivity index (χ0) is 14.5. The summed E-state index contributed by atoms with van der Waals surface area (Å²) in [5.74, 6) is 0.836. The van der Waals surface area contributed by atoms with Crippen LogP contribution in [-0.2, 0) is 0 Å². The Morgan fingerprint density at radius 1 is 1.40 bits per heavy atom. The molecule has 20 heavy (non-hydrogen) atoms. The van der Waals surface area contributed by atoms with Crippen LogP contribution in [0.2, 0.25) is 0 Å². The highest BCUT2D eigenvalue weighted by Crippen LogP contribution is 2.20. The number of carbonyl (C=O) groups excluding carboxylic acids is 1. The fraction of sp³-hybridized carbons (Fsp3) is 0.500. The Balaban J connectivity index is 2.04. The van der Waals surface area contributed by atoms with Gasteiger partial charge >= 0.3 is 0 Å². The van der Waals surface area contributed by atoms with Crippen molar-refractivity contribution in [2.75, 3.05) is 13.1 Å². The number of amides is 1. The second kappa shape index (κ2) is 6.42. The van der Waals surface area contributed by atoms with Crippen molar-refractivity contribution in [2.24, 2.45) is 5.92 Å². The maximum absolute atomic E-state index is 12.4. The molecule has 0 unspecified atom stereocenters. The minimum Gasteiger partial charge on any atom is -0.491 e. The van der Waals surface area contributed by atoms with Crippen LogP contribution in [0.4, 0.5) is 0 Å². The van der Waals surface area contributed by atoms with E-state index in [1.807, 2.05) is 36.9 Å². The summed E-state index contributed by atoms with van der Waals surface area (Å²) in [6, 6.07) is 9.58. The van der Waals surface area contributed by atoms with Gasteiger partial charge in [-0.15, -0.1) is 0 Å². The summed E-state index contributed by atoms with van der Waals surface area (Å²) in [7, 11) is 0. The van der Waals surface area contributed by atoms with Gasteiger partial charge in [-0.05, 0) is 44.9 Å². The van der Waals surface area contributed by atoms with Gasteiger partial charge in [0.15, 0.2) is 0 Å². The van der Waals surface area contributed by atoms with Gasteiger partial charge in [-0.3, -0.25) is 4.79 Å². The maximum atomic E-state index is 12.4. The number of hydrogen-bond acceptors (Lipinski definition) is 3. The number of hydrogen-bond donors (Lipinski definition) is 0. The molecule has 1 amide bonds. The van der Waals surface area contributed by atoms with Gasteiger partial charge in [0, 0.05) is 24.6 Å². The summed E-state index contributed by atoms with van der Waals surface area (Å²) >= 11 is 0. The highest BCUT2D eigenvalue weighted by atomic mass is 16.5. The molecule has 0 N–H and O–H groups in total. The molecule has 106 valence electrons. The van der Waals surface area contributed by atoms with E-state index in [-0.39, 0.29) is 17.9 Å². The number of piperidine rings is 1. The molecule has 2 rings (SSSR count). The van der Waals surface area contributed by atoms with E-state index < -0.39 is 0 Å². The second-order valence-electron chi connectivity index (χ2n) is 5.39. The Morgan fingerprint density at radius 3 is 2.70 bits per heavy atom. The number of benzene rings is 1. The maximum Gasteiger partial charge on any atom is 0.253 e. The molecule has 0 radical (unpaired) electrons. The third-order valence-electron chi connectivity index (χ3n) is 3.42. The Hall–Kier alpha value is -2.02. The summed E-state index contributed by atoms with van der Waals surface area (Å²) < 4.78 is 5.61. The van der Waals surface area contributed by atoms with Gasteiger partial charge in [0.1, 0.15) is 5.75 Å². The number of rotatable bonds is 3. The third kappa shape index (κ3) is 3.51. The molecule has 1 aliphatic rings. The van der Waals surface area contributed by atoms with E-state index in [1.54, 1.807) is 6.07 Å². The lowest BCUT2D eigenvalue weighted by Gasteiger charge is -2.29. The average molecular weight is 272 g/mol. The Morgan fingerprint density at radius 2 is 2.10 bits per heavy atom. The van der Waals surface area contributed by atoms with Crippen LogP contribution in [0, 0.1) is 17.2 Å². The highest BCUT2D eigenvalue weighted by molar-refractivity contribution is 5.94. The van der Waals surface area contributed by atoms with Crippen molar-refractivity contribution < 1.29 is 9.53 Å². The molecular weight excluding hydrogens is 252 g/mol. The van der Waals surface area contributed by atoms with Crippen molar-refractivity contribution in [1.29, 1.82) is 5.26 Å². The predicted octanol–water partition coefficient (Wildman–Crippen LogP) is 2.85. The smallest absolute Gasteiger partial charge is 0.253 e. The molecule has 0 atom stereocenters. The molecule has 1 aromatic rings. The van der Waals surface area contributed by atoms with Crippen LogP contribution in [-0.4, -0.2) is 30.0 Å². The molecule has 1 heterocycles. The van der Waals surface area contributed by atoms with E-state index in [4.69, 9.17) is 10.00 Å². The van der Waals surface area contributed by atoms with Gasteiger partial charge in [-0.1, -0.05) is 6.07 Å². The lowest BCUT2D eigenvalue weighted by atomic mass is 9.98. The fourth-order valence-electron chi connectivity index (χ4n) is 2.37. The Kier molecular flexibility index (Phi) is 4.62. The summed E-state index contributed by atoms with van der Waals surface area (Å²) in [4.78, 5) is 14.2. The van der Waals surface area contributed by atoms with Gasteiger partial charge in [0.25, 0.3) is 5.91 Å². The second-order valence-corrected chi connectivity index (χ2v) is 5.39. The molecule has 0 bridgehead atoms. The summed E-state index contributed by atoms with van der Waals surface area (Å²) in [5, 5.41) is 8.88. The summed E-state index contributed by atoms with van der Waals surface area (Å²) in [6.07, 6.45) is 1.63. The number of ether oxygens (including phenoxy) is 1. The molecule has 0 aromatic heterocycles. The number of likely N-dealkylation sites (tertiary alicyclic amines) is 1. The molecule has 1 aromatic carbocycles. The predicted molar refractivity (Wildman–Crippen MR) is 76.4 cm³/mol. The van der Waals surface area contributed by atoms with Crippen LogP contribution in [0.5, 0.6) is 5.75 Å². The fourth-order valence-corrected chi connectivity index (χ4v) is 2.37. The molecular formula is C16H20N2O2. The van der Waals surface area contributed by atoms with E-state index in [0.717, 1.165) is 18.6 Å². The lowest BCUT2D eigenvalue weighted by Crippen LogP contribution is -2.38. The molecule has 1 fully saturated rings. The van der Waals surface area contributed by atoms with Crippen molar-refractivity contribution in [3.8, 4) is 11.8 Å². The largest absolute Gasteiger partial charge is 0.491 e. The Labute approximate surface area is 120 Å². The van der Waals surface area contributed by atoms with Crippen molar-refractivity contribution in [3.05, 3.63) is 29.8 Å². The molecule has 0 saturated carbocycles. The van der Waals surface area contributed by atoms with Gasteiger partial charge in [0.2, 0.25) is 0 Å². The van der Waals surface area contributed by atoms with E-state index in [1.165, 1.54) is 0 Å². The molecule has 4 heteroatoms. The minimum atomic E-state index is 0.0237. The first-order chi connectivity index (χ1) is 9.60. The normalized spacial score (nSPS) is 16.0. The zero-order valence-corrected chi connectivity index (χ0v) is 12.0. The van der Waals surface area contributed by atoms with Gasteiger partial charge in [-0.2, -0.15) is 5.26 Å². The van der Waals surface area contributed by atoms with Gasteiger partial charge in [0.05, 0.1) is 12.2 Å². The number of carbonyl (C=O) groups is 1. The van der Waals surface area contributed by atoms with Crippen molar-refractivity contribution in [2.45, 2.75) is 32.8 Å². The first-order valence-corrected chi connectivity index (χ1v) is 7.05. The topological polar surface area (TPSA) is 53.3 Å². The average Bonchev–Trinajstić information content (AvgIpc) is 2.46. The zero-order valence-electron chi connectivity index (χ0n) is 12.0. The monoisotopic (exact) mass is 272 g/mol. The van der Waals surface area contributed by atoms with Crippen LogP contribution in [0.15, 0.2) is 24.3 Å². The molecule has 1 aliphatic heterocycles. The quantitative estimate of drug-likeness (QED) is 0.850. The number of nitrogens with zero attached hydrogens (tertiary/aromatic N) is 2. The van der Waals surface area contributed by atoms with Crippen molar-refractivity contribution in [3.63, 3.8) is 0 Å². The van der Waals surface area contributed by atoms with Crippen molar-refractivity contribution in [1.82, 2.24) is 4.90 Å². The molecule has 0 spiro atoms. The van der Waals surface area contributed by atoms with Crippen LogP contribution >= 0.6 is 0 Å².